The van der Waals surface area contributed by atoms with Crippen LogP contribution in [0.3, 0.4) is 0 Å². The molecule has 0 bridgehead atoms. The predicted octanol–water partition coefficient (Wildman–Crippen LogP) is 1.27. The Hall–Kier alpha value is -0.890. The molecule has 3 N–H and O–H groups in total. The summed E-state index contributed by atoms with van der Waals surface area (Å²) in [5.74, 6) is 0. The monoisotopic (exact) mass is 294 g/mol. The molecule has 70 valence electrons. The number of nitrogen functional groups attached to an aromatic ring is 1. The molecule has 0 unspecified atom stereocenters. The van der Waals surface area contributed by atoms with Gasteiger partial charge in [0.25, 0.3) is 5.69 Å². The van der Waals surface area contributed by atoms with E-state index in [9.17, 15) is 10.1 Å². The Kier molecular flexibility index (Phi) is 3.04. The van der Waals surface area contributed by atoms with E-state index in [2.05, 4.69) is 0 Å². The number of halogens is 1. The van der Waals surface area contributed by atoms with Gasteiger partial charge in [0, 0.05) is 21.3 Å². The molecule has 0 aromatic heterocycles. The maximum atomic E-state index is 10.4. The molecule has 13 heavy (non-hydrogen) atoms. The van der Waals surface area contributed by atoms with Gasteiger partial charge in [0.15, 0.2) is 0 Å². The summed E-state index contributed by atoms with van der Waals surface area (Å²) in [6.07, 6.45) is 0. The quantitative estimate of drug-likeness (QED) is 0.372. The van der Waals surface area contributed by atoms with E-state index in [1.807, 2.05) is 22.6 Å². The van der Waals surface area contributed by atoms with Crippen molar-refractivity contribution in [3.05, 3.63) is 31.4 Å². The van der Waals surface area contributed by atoms with Crippen LogP contribution in [0.25, 0.3) is 0 Å². The highest BCUT2D eigenvalue weighted by molar-refractivity contribution is 14.1. The van der Waals surface area contributed by atoms with E-state index in [-0.39, 0.29) is 12.3 Å². The van der Waals surface area contributed by atoms with Crippen LogP contribution >= 0.6 is 22.6 Å². The van der Waals surface area contributed by atoms with Gasteiger partial charge >= 0.3 is 0 Å². The van der Waals surface area contributed by atoms with Crippen molar-refractivity contribution in [1.82, 2.24) is 0 Å². The third kappa shape index (κ3) is 2.07. The molecule has 0 aliphatic carbocycles. The molecule has 0 fully saturated rings. The number of hydrogen-bond acceptors (Lipinski definition) is 4. The van der Waals surface area contributed by atoms with Gasteiger partial charge in [-0.25, -0.2) is 0 Å². The van der Waals surface area contributed by atoms with Gasteiger partial charge in [-0.15, -0.1) is 0 Å². The Morgan fingerprint density at radius 2 is 2.23 bits per heavy atom. The third-order valence-electron chi connectivity index (χ3n) is 1.58. The van der Waals surface area contributed by atoms with Crippen molar-refractivity contribution in [3.63, 3.8) is 0 Å². The molecule has 0 radical (unpaired) electrons. The van der Waals surface area contributed by atoms with Gasteiger partial charge in [0.05, 0.1) is 17.2 Å². The number of aliphatic hydroxyl groups excluding tert-OH is 1. The normalized spacial score (nSPS) is 10.0. The summed E-state index contributed by atoms with van der Waals surface area (Å²) in [5, 5.41) is 19.3. The summed E-state index contributed by atoms with van der Waals surface area (Å²) < 4.78 is 0.579. The first-order valence-corrected chi connectivity index (χ1v) is 4.47. The maximum absolute atomic E-state index is 10.4. The average Bonchev–Trinajstić information content (AvgIpc) is 2.09. The second-order valence-electron chi connectivity index (χ2n) is 2.42. The maximum Gasteiger partial charge on any atom is 0.271 e. The van der Waals surface area contributed by atoms with E-state index in [0.29, 0.717) is 14.8 Å². The fourth-order valence-electron chi connectivity index (χ4n) is 0.895. The summed E-state index contributed by atoms with van der Waals surface area (Å²) in [5.41, 5.74) is 6.30. The number of hydrogen-bond donors (Lipinski definition) is 2. The largest absolute Gasteiger partial charge is 0.398 e. The molecule has 0 amide bonds. The Morgan fingerprint density at radius 3 is 2.69 bits per heavy atom. The zero-order valence-electron chi connectivity index (χ0n) is 6.53. The van der Waals surface area contributed by atoms with Crippen molar-refractivity contribution < 1.29 is 10.0 Å². The number of nitrogens with zero attached hydrogens (tertiary/aromatic N) is 1. The highest BCUT2D eigenvalue weighted by atomic mass is 127. The number of nitro groups is 1. The van der Waals surface area contributed by atoms with Crippen molar-refractivity contribution in [2.45, 2.75) is 6.61 Å². The topological polar surface area (TPSA) is 89.4 Å². The minimum Gasteiger partial charge on any atom is -0.398 e. The third-order valence-corrected chi connectivity index (χ3v) is 2.47. The Bertz CT molecular complexity index is 354. The fraction of sp³-hybridized carbons (Fsp3) is 0.143. The van der Waals surface area contributed by atoms with Crippen LogP contribution in [0.5, 0.6) is 0 Å². The van der Waals surface area contributed by atoms with E-state index in [1.165, 1.54) is 12.1 Å². The van der Waals surface area contributed by atoms with E-state index in [1.54, 1.807) is 0 Å². The fourth-order valence-corrected chi connectivity index (χ4v) is 1.56. The van der Waals surface area contributed by atoms with Gasteiger partial charge in [-0.05, 0) is 22.6 Å². The minimum atomic E-state index is -0.513. The Labute approximate surface area is 87.8 Å². The van der Waals surface area contributed by atoms with Crippen molar-refractivity contribution in [2.75, 3.05) is 5.73 Å². The minimum absolute atomic E-state index is 0.0531. The van der Waals surface area contributed by atoms with Crippen molar-refractivity contribution >= 4 is 34.0 Å². The van der Waals surface area contributed by atoms with E-state index in [0.717, 1.165) is 0 Å². The molecule has 5 nitrogen and oxygen atoms in total. The smallest absolute Gasteiger partial charge is 0.271 e. The summed E-state index contributed by atoms with van der Waals surface area (Å²) >= 11 is 1.89. The van der Waals surface area contributed by atoms with Crippen LogP contribution in [0.2, 0.25) is 0 Å². The number of nitro benzene ring substituents is 1. The highest BCUT2D eigenvalue weighted by Gasteiger charge is 2.12. The SMILES string of the molecule is Nc1c(I)cc([N+](=O)[O-])cc1CO. The molecule has 0 saturated heterocycles. The second-order valence-corrected chi connectivity index (χ2v) is 3.58. The van der Waals surface area contributed by atoms with Crippen LogP contribution in [0, 0.1) is 13.7 Å². The first-order valence-electron chi connectivity index (χ1n) is 3.39. The van der Waals surface area contributed by atoms with E-state index in [4.69, 9.17) is 10.8 Å². The number of non-ortho nitro benzene ring substituents is 1. The predicted molar refractivity (Wildman–Crippen MR) is 56.1 cm³/mol. The first kappa shape index (κ1) is 10.2. The number of anilines is 1. The Morgan fingerprint density at radius 1 is 1.62 bits per heavy atom. The van der Waals surface area contributed by atoms with Gasteiger partial charge in [-0.1, -0.05) is 0 Å². The first-order chi connectivity index (χ1) is 6.06. The molecule has 6 heteroatoms. The molecule has 0 atom stereocenters. The molecule has 0 spiro atoms. The van der Waals surface area contributed by atoms with Crippen LogP contribution < -0.4 is 5.73 Å². The lowest BCUT2D eigenvalue weighted by Gasteiger charge is -2.03. The molecule has 0 heterocycles. The van der Waals surface area contributed by atoms with Crippen LogP contribution in [0.1, 0.15) is 5.56 Å². The number of benzene rings is 1. The van der Waals surface area contributed by atoms with Crippen molar-refractivity contribution in [3.8, 4) is 0 Å². The molecule has 0 aliphatic heterocycles. The number of nitrogens with two attached hydrogens (primary N) is 1. The molecule has 1 rings (SSSR count). The van der Waals surface area contributed by atoms with Crippen molar-refractivity contribution in [1.29, 1.82) is 0 Å². The standard InChI is InChI=1S/C7H7IN2O3/c8-6-2-5(10(12)13)1-4(3-11)7(6)9/h1-2,11H,3,9H2. The lowest BCUT2D eigenvalue weighted by molar-refractivity contribution is -0.385. The van der Waals surface area contributed by atoms with Crippen LogP contribution in [-0.4, -0.2) is 10.0 Å². The molecular weight excluding hydrogens is 287 g/mol. The van der Waals surface area contributed by atoms with Gasteiger partial charge in [-0.2, -0.15) is 0 Å². The van der Waals surface area contributed by atoms with Gasteiger partial charge in [-0.3, -0.25) is 10.1 Å². The highest BCUT2D eigenvalue weighted by Crippen LogP contribution is 2.25. The lowest BCUT2D eigenvalue weighted by atomic mass is 10.2. The van der Waals surface area contributed by atoms with Crippen LogP contribution in [0.15, 0.2) is 12.1 Å². The summed E-state index contributed by atoms with van der Waals surface area (Å²) in [7, 11) is 0. The summed E-state index contributed by atoms with van der Waals surface area (Å²) in [6.45, 7) is -0.288. The van der Waals surface area contributed by atoms with Gasteiger partial charge in [0.2, 0.25) is 0 Å². The molecule has 0 aliphatic rings. The van der Waals surface area contributed by atoms with Gasteiger partial charge in [0.1, 0.15) is 0 Å². The van der Waals surface area contributed by atoms with E-state index >= 15 is 0 Å². The van der Waals surface area contributed by atoms with Gasteiger partial charge < -0.3 is 10.8 Å². The number of aliphatic hydroxyl groups is 1. The lowest BCUT2D eigenvalue weighted by Crippen LogP contribution is -1.99. The average molecular weight is 294 g/mol. The molecule has 0 saturated carbocycles. The summed E-state index contributed by atoms with van der Waals surface area (Å²) in [4.78, 5) is 9.90. The molecule has 1 aromatic carbocycles. The molecule has 1 aromatic rings. The second kappa shape index (κ2) is 3.88. The molecular formula is C7H7IN2O3. The van der Waals surface area contributed by atoms with Crippen molar-refractivity contribution in [2.24, 2.45) is 0 Å². The van der Waals surface area contributed by atoms with E-state index < -0.39 is 4.92 Å². The van der Waals surface area contributed by atoms with Crippen LogP contribution in [-0.2, 0) is 6.61 Å². The Balaban J connectivity index is 3.30. The zero-order chi connectivity index (χ0) is 10.0. The summed E-state index contributed by atoms with van der Waals surface area (Å²) in [6, 6.07) is 2.65. The number of rotatable bonds is 2. The zero-order valence-corrected chi connectivity index (χ0v) is 8.69. The van der Waals surface area contributed by atoms with Crippen LogP contribution in [0.4, 0.5) is 11.4 Å².